The first-order valence-electron chi connectivity index (χ1n) is 7.07. The third-order valence-electron chi connectivity index (χ3n) is 3.61. The molecule has 0 spiro atoms. The quantitative estimate of drug-likeness (QED) is 0.632. The van der Waals surface area contributed by atoms with Crippen molar-refractivity contribution in [3.8, 4) is 5.75 Å². The van der Waals surface area contributed by atoms with Crippen molar-refractivity contribution in [1.82, 2.24) is 0 Å². The Morgan fingerprint density at radius 2 is 1.95 bits per heavy atom. The number of nitro groups is 1. The molecule has 2 aromatic carbocycles. The van der Waals surface area contributed by atoms with Crippen LogP contribution in [0.5, 0.6) is 5.75 Å². The van der Waals surface area contributed by atoms with Gasteiger partial charge in [0, 0.05) is 24.8 Å². The Morgan fingerprint density at radius 1 is 1.27 bits per heavy atom. The molecule has 22 heavy (non-hydrogen) atoms. The van der Waals surface area contributed by atoms with Gasteiger partial charge in [-0.05, 0) is 30.7 Å². The second-order valence-electron chi connectivity index (χ2n) is 4.88. The van der Waals surface area contributed by atoms with Crippen LogP contribution in [0.1, 0.15) is 18.5 Å². The number of nitrogens with zero attached hydrogens (tertiary/aromatic N) is 2. The van der Waals surface area contributed by atoms with Crippen LogP contribution in [0.4, 0.5) is 11.4 Å². The van der Waals surface area contributed by atoms with E-state index in [1.165, 1.54) is 12.1 Å². The zero-order valence-electron chi connectivity index (χ0n) is 12.3. The summed E-state index contributed by atoms with van der Waals surface area (Å²) in [6, 6.07) is 13.9. The summed E-state index contributed by atoms with van der Waals surface area (Å²) in [5.74, 6) is -0.340. The molecule has 0 aliphatic rings. The Hall–Kier alpha value is -2.60. The molecule has 0 aromatic heterocycles. The number of anilines is 1. The highest BCUT2D eigenvalue weighted by molar-refractivity contribution is 5.53. The van der Waals surface area contributed by atoms with Crippen LogP contribution in [-0.2, 0) is 0 Å². The number of rotatable bonds is 6. The molecule has 3 N–H and O–H groups in total. The summed E-state index contributed by atoms with van der Waals surface area (Å²) in [6.07, 6.45) is 0. The van der Waals surface area contributed by atoms with Crippen LogP contribution in [0.25, 0.3) is 0 Å². The van der Waals surface area contributed by atoms with E-state index in [9.17, 15) is 15.2 Å². The molecule has 0 saturated heterocycles. The number of hydrogen-bond acceptors (Lipinski definition) is 5. The summed E-state index contributed by atoms with van der Waals surface area (Å²) in [5, 5.41) is 20.6. The van der Waals surface area contributed by atoms with Gasteiger partial charge in [-0.25, -0.2) is 0 Å². The van der Waals surface area contributed by atoms with E-state index in [0.29, 0.717) is 18.7 Å². The number of para-hydroxylation sites is 1. The fraction of sp³-hybridized carbons (Fsp3) is 0.250. The number of phenolic OH excluding ortho intramolecular Hbond substituents is 1. The zero-order chi connectivity index (χ0) is 16.1. The minimum absolute atomic E-state index is 0.202. The number of nitro benzene ring substituents is 1. The van der Waals surface area contributed by atoms with E-state index >= 15 is 0 Å². The first-order valence-corrected chi connectivity index (χ1v) is 7.07. The summed E-state index contributed by atoms with van der Waals surface area (Å²) >= 11 is 0. The van der Waals surface area contributed by atoms with Crippen LogP contribution in [0.3, 0.4) is 0 Å². The van der Waals surface area contributed by atoms with Gasteiger partial charge >= 0.3 is 5.69 Å². The Labute approximate surface area is 128 Å². The lowest BCUT2D eigenvalue weighted by Crippen LogP contribution is -2.33. The second kappa shape index (κ2) is 6.91. The van der Waals surface area contributed by atoms with Crippen LogP contribution in [0.2, 0.25) is 0 Å². The van der Waals surface area contributed by atoms with Gasteiger partial charge in [-0.1, -0.05) is 24.3 Å². The molecule has 0 bridgehead atoms. The molecule has 6 nitrogen and oxygen atoms in total. The molecule has 1 unspecified atom stereocenters. The standard InChI is InChI=1S/C16H19N3O3/c1-2-18(13-6-4-3-5-7-13)15(11-17)12-8-9-16(20)14(10-12)19(21)22/h3-10,15,20H,2,11,17H2,1H3. The molecule has 1 atom stereocenters. The number of benzene rings is 2. The maximum atomic E-state index is 11.0. The fourth-order valence-corrected chi connectivity index (χ4v) is 2.54. The molecule has 116 valence electrons. The van der Waals surface area contributed by atoms with Gasteiger partial charge < -0.3 is 15.7 Å². The zero-order valence-corrected chi connectivity index (χ0v) is 12.3. The third-order valence-corrected chi connectivity index (χ3v) is 3.61. The predicted molar refractivity (Wildman–Crippen MR) is 86.0 cm³/mol. The van der Waals surface area contributed by atoms with Crippen LogP contribution < -0.4 is 10.6 Å². The Kier molecular flexibility index (Phi) is 4.95. The lowest BCUT2D eigenvalue weighted by Gasteiger charge is -2.32. The second-order valence-corrected chi connectivity index (χ2v) is 4.88. The molecule has 2 rings (SSSR count). The van der Waals surface area contributed by atoms with Crippen LogP contribution in [0, 0.1) is 10.1 Å². The summed E-state index contributed by atoms with van der Waals surface area (Å²) in [4.78, 5) is 12.5. The van der Waals surface area contributed by atoms with E-state index in [1.807, 2.05) is 37.3 Å². The number of nitrogens with two attached hydrogens (primary N) is 1. The molecule has 6 heteroatoms. The van der Waals surface area contributed by atoms with Gasteiger partial charge in [0.15, 0.2) is 5.75 Å². The molecule has 0 amide bonds. The van der Waals surface area contributed by atoms with Gasteiger partial charge in [0.1, 0.15) is 0 Å². The van der Waals surface area contributed by atoms with E-state index in [0.717, 1.165) is 5.69 Å². The summed E-state index contributed by atoms with van der Waals surface area (Å²) < 4.78 is 0. The van der Waals surface area contributed by atoms with Crippen LogP contribution >= 0.6 is 0 Å². The summed E-state index contributed by atoms with van der Waals surface area (Å²) in [6.45, 7) is 3.02. The highest BCUT2D eigenvalue weighted by atomic mass is 16.6. The van der Waals surface area contributed by atoms with E-state index in [2.05, 4.69) is 4.90 Å². The van der Waals surface area contributed by atoms with Gasteiger partial charge in [0.25, 0.3) is 0 Å². The molecular formula is C16H19N3O3. The topological polar surface area (TPSA) is 92.6 Å². The number of aromatic hydroxyl groups is 1. The molecule has 0 fully saturated rings. The Bertz CT molecular complexity index is 646. The van der Waals surface area contributed by atoms with E-state index in [4.69, 9.17) is 5.73 Å². The number of phenols is 1. The van der Waals surface area contributed by atoms with Crippen LogP contribution in [-0.4, -0.2) is 23.1 Å². The van der Waals surface area contributed by atoms with E-state index in [-0.39, 0.29) is 17.5 Å². The molecule has 0 aliphatic carbocycles. The van der Waals surface area contributed by atoms with E-state index < -0.39 is 4.92 Å². The van der Waals surface area contributed by atoms with Crippen molar-refractivity contribution < 1.29 is 10.0 Å². The van der Waals surface area contributed by atoms with Crippen molar-refractivity contribution in [2.45, 2.75) is 13.0 Å². The molecule has 0 heterocycles. The van der Waals surface area contributed by atoms with Crippen molar-refractivity contribution in [2.75, 3.05) is 18.0 Å². The Balaban J connectivity index is 2.42. The SMILES string of the molecule is CCN(c1ccccc1)C(CN)c1ccc(O)c([N+](=O)[O-])c1. The fourth-order valence-electron chi connectivity index (χ4n) is 2.54. The van der Waals surface area contributed by atoms with E-state index in [1.54, 1.807) is 6.07 Å². The molecule has 0 aliphatic heterocycles. The highest BCUT2D eigenvalue weighted by Gasteiger charge is 2.22. The normalized spacial score (nSPS) is 11.9. The van der Waals surface area contributed by atoms with Gasteiger partial charge in [-0.2, -0.15) is 0 Å². The lowest BCUT2D eigenvalue weighted by atomic mass is 10.0. The van der Waals surface area contributed by atoms with Crippen molar-refractivity contribution in [2.24, 2.45) is 5.73 Å². The third kappa shape index (κ3) is 3.17. The van der Waals surface area contributed by atoms with Crippen molar-refractivity contribution >= 4 is 11.4 Å². The van der Waals surface area contributed by atoms with Gasteiger partial charge in [-0.15, -0.1) is 0 Å². The summed E-state index contributed by atoms with van der Waals surface area (Å²) in [5.41, 5.74) is 7.31. The first kappa shape index (κ1) is 15.8. The number of likely N-dealkylation sites (N-methyl/N-ethyl adjacent to an activating group) is 1. The molecular weight excluding hydrogens is 282 g/mol. The lowest BCUT2D eigenvalue weighted by molar-refractivity contribution is -0.385. The predicted octanol–water partition coefficient (Wildman–Crippen LogP) is 2.83. The average Bonchev–Trinajstić information content (AvgIpc) is 2.53. The van der Waals surface area contributed by atoms with Gasteiger partial charge in [0.05, 0.1) is 11.0 Å². The minimum atomic E-state index is -0.592. The molecule has 0 saturated carbocycles. The van der Waals surface area contributed by atoms with Crippen molar-refractivity contribution in [3.05, 3.63) is 64.2 Å². The van der Waals surface area contributed by atoms with Crippen molar-refractivity contribution in [3.63, 3.8) is 0 Å². The van der Waals surface area contributed by atoms with Gasteiger partial charge in [0.2, 0.25) is 0 Å². The largest absolute Gasteiger partial charge is 0.502 e. The highest BCUT2D eigenvalue weighted by Crippen LogP contribution is 2.32. The summed E-state index contributed by atoms with van der Waals surface area (Å²) in [7, 11) is 0. The molecule has 2 aromatic rings. The molecule has 0 radical (unpaired) electrons. The maximum absolute atomic E-state index is 11.0. The van der Waals surface area contributed by atoms with Crippen molar-refractivity contribution in [1.29, 1.82) is 0 Å². The Morgan fingerprint density at radius 3 is 2.50 bits per heavy atom. The minimum Gasteiger partial charge on any atom is -0.502 e. The maximum Gasteiger partial charge on any atom is 0.311 e. The average molecular weight is 301 g/mol. The van der Waals surface area contributed by atoms with Gasteiger partial charge in [-0.3, -0.25) is 10.1 Å². The first-order chi connectivity index (χ1) is 10.6. The smallest absolute Gasteiger partial charge is 0.311 e. The van der Waals surface area contributed by atoms with Crippen LogP contribution in [0.15, 0.2) is 48.5 Å². The monoisotopic (exact) mass is 301 g/mol. The number of hydrogen-bond donors (Lipinski definition) is 2.